The first-order valence-corrected chi connectivity index (χ1v) is 11.2. The van der Waals surface area contributed by atoms with E-state index in [1.807, 2.05) is 48.4 Å². The maximum atomic E-state index is 12.9. The smallest absolute Gasteiger partial charge is 0.550 e. The van der Waals surface area contributed by atoms with Crippen LogP contribution < -0.4 is 44.5 Å². The summed E-state index contributed by atoms with van der Waals surface area (Å²) in [6, 6.07) is 16.2. The quantitative estimate of drug-likeness (QED) is 0.417. The summed E-state index contributed by atoms with van der Waals surface area (Å²) in [6.07, 6.45) is 5.45. The van der Waals surface area contributed by atoms with E-state index in [9.17, 15) is 14.7 Å². The number of nitrogens with zero attached hydrogens (tertiary/aromatic N) is 2. The van der Waals surface area contributed by atoms with Gasteiger partial charge in [0.2, 0.25) is 0 Å². The zero-order valence-electron chi connectivity index (χ0n) is 20.1. The van der Waals surface area contributed by atoms with Gasteiger partial charge in [0.05, 0.1) is 0 Å². The largest absolute Gasteiger partial charge is 1.00 e. The molecule has 2 aromatic rings. The molecule has 1 fully saturated rings. The summed E-state index contributed by atoms with van der Waals surface area (Å²) in [4.78, 5) is 27.7. The van der Waals surface area contributed by atoms with Crippen molar-refractivity contribution < 1.29 is 44.3 Å². The first-order valence-electron chi connectivity index (χ1n) is 11.2. The number of allylic oxidation sites excluding steroid dienone is 2. The third kappa shape index (κ3) is 7.32. The van der Waals surface area contributed by atoms with E-state index in [-0.39, 0.29) is 41.8 Å². The van der Waals surface area contributed by atoms with Gasteiger partial charge in [0.15, 0.2) is 5.78 Å². The van der Waals surface area contributed by atoms with Gasteiger partial charge in [0.25, 0.3) is 0 Å². The Morgan fingerprint density at radius 1 is 0.879 bits per heavy atom. The summed E-state index contributed by atoms with van der Waals surface area (Å²) in [7, 11) is 1.85. The van der Waals surface area contributed by atoms with Crippen LogP contribution in [0.5, 0.6) is 0 Å². The molecule has 1 aliphatic carbocycles. The second kappa shape index (κ2) is 12.8. The summed E-state index contributed by atoms with van der Waals surface area (Å²) in [6.45, 7) is 6.63. The molecule has 0 heterocycles. The minimum atomic E-state index is -1.05. The van der Waals surface area contributed by atoms with Crippen LogP contribution in [0.1, 0.15) is 44.2 Å². The van der Waals surface area contributed by atoms with Gasteiger partial charge in [-0.3, -0.25) is 4.79 Å². The Morgan fingerprint density at radius 2 is 1.33 bits per heavy atom. The van der Waals surface area contributed by atoms with Crippen LogP contribution in [-0.4, -0.2) is 38.4 Å². The molecule has 3 rings (SSSR count). The number of hydrogen-bond donors (Lipinski definition) is 0. The zero-order valence-corrected chi connectivity index (χ0v) is 22.1. The molecule has 0 radical (unpaired) electrons. The molecule has 0 aromatic heterocycles. The van der Waals surface area contributed by atoms with Crippen molar-refractivity contribution in [3.63, 3.8) is 0 Å². The standard InChI is InChI=1S/C27H32N2O3.Na/c1-4-29(5-2)25-14-8-21(9-15-25)19-23-11-10-22(27(23)32)18-20-6-12-24(13-7-20)28(3)17-16-26(30)31;/h6-9,12-15,18-19H,4-5,10-11,16-17H2,1-3H3,(H,30,31);/q;+1/p-1/b22-18+,23-19-;. The fourth-order valence-corrected chi connectivity index (χ4v) is 3.96. The van der Waals surface area contributed by atoms with E-state index in [2.05, 4.69) is 43.0 Å². The topological polar surface area (TPSA) is 63.7 Å². The summed E-state index contributed by atoms with van der Waals surface area (Å²) in [5.41, 5.74) is 5.83. The van der Waals surface area contributed by atoms with Gasteiger partial charge >= 0.3 is 29.6 Å². The number of carboxylic acids is 1. The second-order valence-corrected chi connectivity index (χ2v) is 8.07. The molecule has 0 aliphatic heterocycles. The normalized spacial score (nSPS) is 15.5. The SMILES string of the molecule is CCN(CC)c1ccc(/C=C2/CC/C(=C\c3ccc(N(C)CCC(=O)[O-])cc3)C2=O)cc1.[Na+]. The number of benzene rings is 2. The predicted molar refractivity (Wildman–Crippen MR) is 130 cm³/mol. The Morgan fingerprint density at radius 3 is 1.76 bits per heavy atom. The van der Waals surface area contributed by atoms with Crippen molar-refractivity contribution in [1.29, 1.82) is 0 Å². The molecule has 168 valence electrons. The van der Waals surface area contributed by atoms with Crippen LogP contribution >= 0.6 is 0 Å². The minimum absolute atomic E-state index is 0. The first kappa shape index (κ1) is 26.9. The number of anilines is 2. The van der Waals surface area contributed by atoms with E-state index in [0.717, 1.165) is 53.9 Å². The molecule has 33 heavy (non-hydrogen) atoms. The van der Waals surface area contributed by atoms with Gasteiger partial charge in [-0.05, 0) is 74.2 Å². The van der Waals surface area contributed by atoms with Crippen molar-refractivity contribution in [3.05, 3.63) is 70.8 Å². The van der Waals surface area contributed by atoms with E-state index in [1.165, 1.54) is 5.69 Å². The number of rotatable bonds is 9. The second-order valence-electron chi connectivity index (χ2n) is 8.07. The van der Waals surface area contributed by atoms with Crippen LogP contribution in [-0.2, 0) is 9.59 Å². The Hall–Kier alpha value is -2.34. The third-order valence-corrected chi connectivity index (χ3v) is 5.94. The van der Waals surface area contributed by atoms with E-state index >= 15 is 0 Å². The maximum Gasteiger partial charge on any atom is 1.00 e. The summed E-state index contributed by atoms with van der Waals surface area (Å²) >= 11 is 0. The summed E-state index contributed by atoms with van der Waals surface area (Å²) < 4.78 is 0. The molecule has 0 spiro atoms. The van der Waals surface area contributed by atoms with Crippen molar-refractivity contribution in [1.82, 2.24) is 0 Å². The van der Waals surface area contributed by atoms with E-state index in [4.69, 9.17) is 0 Å². The molecule has 0 unspecified atom stereocenters. The molecule has 0 bridgehead atoms. The number of carbonyl (C=O) groups is 2. The van der Waals surface area contributed by atoms with Crippen LogP contribution in [0.3, 0.4) is 0 Å². The van der Waals surface area contributed by atoms with Crippen molar-refractivity contribution >= 4 is 35.3 Å². The van der Waals surface area contributed by atoms with Crippen LogP contribution in [0.15, 0.2) is 59.7 Å². The average molecular weight is 455 g/mol. The Kier molecular flexibility index (Phi) is 10.4. The molecule has 0 atom stereocenters. The van der Waals surface area contributed by atoms with Crippen LogP contribution in [0.2, 0.25) is 0 Å². The monoisotopic (exact) mass is 454 g/mol. The van der Waals surface area contributed by atoms with Gasteiger partial charge in [-0.2, -0.15) is 0 Å². The Bertz CT molecular complexity index is 1010. The molecule has 1 aliphatic rings. The molecular formula is C27H31N2NaO3. The maximum absolute atomic E-state index is 12.9. The van der Waals surface area contributed by atoms with Gasteiger partial charge < -0.3 is 19.7 Å². The molecule has 5 nitrogen and oxygen atoms in total. The number of hydrogen-bond acceptors (Lipinski definition) is 5. The summed E-state index contributed by atoms with van der Waals surface area (Å²) in [5.74, 6) is -0.936. The van der Waals surface area contributed by atoms with Gasteiger partial charge in [0, 0.05) is 61.6 Å². The van der Waals surface area contributed by atoms with Crippen LogP contribution in [0.25, 0.3) is 12.2 Å². The zero-order chi connectivity index (χ0) is 23.1. The minimum Gasteiger partial charge on any atom is -0.550 e. The molecule has 1 saturated carbocycles. The van der Waals surface area contributed by atoms with E-state index in [0.29, 0.717) is 6.54 Å². The number of Topliss-reactive ketones (excluding diaryl/α,β-unsaturated/α-hetero) is 1. The van der Waals surface area contributed by atoms with Gasteiger partial charge in [-0.1, -0.05) is 24.3 Å². The van der Waals surface area contributed by atoms with Crippen molar-refractivity contribution in [2.24, 2.45) is 0 Å². The van der Waals surface area contributed by atoms with Crippen molar-refractivity contribution in [3.8, 4) is 0 Å². The third-order valence-electron chi connectivity index (χ3n) is 5.94. The number of ketones is 1. The first-order chi connectivity index (χ1) is 15.4. The van der Waals surface area contributed by atoms with E-state index in [1.54, 1.807) is 0 Å². The molecule has 6 heteroatoms. The molecule has 0 N–H and O–H groups in total. The molecule has 0 saturated heterocycles. The average Bonchev–Trinajstić information content (AvgIpc) is 3.13. The van der Waals surface area contributed by atoms with Crippen LogP contribution in [0.4, 0.5) is 11.4 Å². The summed E-state index contributed by atoms with van der Waals surface area (Å²) in [5, 5.41) is 10.6. The Balaban J connectivity index is 0.00000385. The fraction of sp³-hybridized carbons (Fsp3) is 0.333. The van der Waals surface area contributed by atoms with Crippen LogP contribution in [0, 0.1) is 0 Å². The molecule has 0 amide bonds. The van der Waals surface area contributed by atoms with Gasteiger partial charge in [-0.15, -0.1) is 0 Å². The fourth-order valence-electron chi connectivity index (χ4n) is 3.96. The number of aliphatic carboxylic acids is 1. The van der Waals surface area contributed by atoms with Crippen molar-refractivity contribution in [2.45, 2.75) is 33.1 Å². The van der Waals surface area contributed by atoms with E-state index < -0.39 is 5.97 Å². The molecule has 2 aromatic carbocycles. The van der Waals surface area contributed by atoms with Gasteiger partial charge in [-0.25, -0.2) is 0 Å². The van der Waals surface area contributed by atoms with Gasteiger partial charge in [0.1, 0.15) is 0 Å². The Labute approximate surface area is 219 Å². The predicted octanol–water partition coefficient (Wildman–Crippen LogP) is 0.943. The number of carboxylic acid groups (broad SMARTS) is 1. The number of carbonyl (C=O) groups excluding carboxylic acids is 2. The van der Waals surface area contributed by atoms with Crippen molar-refractivity contribution in [2.75, 3.05) is 36.5 Å². The molecular weight excluding hydrogens is 423 g/mol.